The Morgan fingerprint density at radius 2 is 1.67 bits per heavy atom. The summed E-state index contributed by atoms with van der Waals surface area (Å²) in [6.45, 7) is 0. The minimum absolute atomic E-state index is 0.283. The molecule has 0 aliphatic carbocycles. The van der Waals surface area contributed by atoms with Gasteiger partial charge in [0.2, 0.25) is 0 Å². The van der Waals surface area contributed by atoms with Gasteiger partial charge in [-0.25, -0.2) is 8.42 Å². The highest BCUT2D eigenvalue weighted by atomic mass is 35.5. The molecule has 2 rings (SSSR count). The molecule has 0 saturated carbocycles. The summed E-state index contributed by atoms with van der Waals surface area (Å²) in [7, 11) is -4.00. The largest absolute Gasteiger partial charge is 0.289 e. The fraction of sp³-hybridized carbons (Fsp3) is 0. The molecule has 2 aromatic rings. The van der Waals surface area contributed by atoms with Gasteiger partial charge in [0.1, 0.15) is 9.92 Å². The van der Waals surface area contributed by atoms with Gasteiger partial charge in [-0.05, 0) is 18.2 Å². The molecule has 1 N–H and O–H groups in total. The third kappa shape index (κ3) is 3.44. The van der Waals surface area contributed by atoms with Crippen LogP contribution in [0.3, 0.4) is 0 Å². The van der Waals surface area contributed by atoms with Gasteiger partial charge in [-0.2, -0.15) is 0 Å². The Labute approximate surface area is 130 Å². The van der Waals surface area contributed by atoms with Crippen molar-refractivity contribution in [3.63, 3.8) is 0 Å². The van der Waals surface area contributed by atoms with Crippen LogP contribution in [0.5, 0.6) is 0 Å². The number of para-hydroxylation sites is 1. The van der Waals surface area contributed by atoms with E-state index in [1.165, 1.54) is 0 Å². The molecule has 2 aromatic carbocycles. The molecule has 0 bridgehead atoms. The number of hydrogen-bond donors (Lipinski definition) is 1. The molecule has 0 aliphatic rings. The Morgan fingerprint density at radius 1 is 1.05 bits per heavy atom. The van der Waals surface area contributed by atoms with Crippen molar-refractivity contribution in [2.75, 3.05) is 4.72 Å². The molecule has 0 amide bonds. The van der Waals surface area contributed by atoms with Gasteiger partial charge in [0.05, 0.1) is 9.95 Å². The second-order valence-electron chi connectivity index (χ2n) is 3.96. The maximum Gasteiger partial charge on any atom is 0.289 e. The highest BCUT2D eigenvalue weighted by molar-refractivity contribution is 7.92. The number of nitro groups is 1. The first-order chi connectivity index (χ1) is 9.81. The van der Waals surface area contributed by atoms with Crippen LogP contribution in [0, 0.1) is 10.1 Å². The van der Waals surface area contributed by atoms with Gasteiger partial charge in [0.15, 0.2) is 0 Å². The second-order valence-corrected chi connectivity index (χ2v) is 6.43. The third-order valence-electron chi connectivity index (χ3n) is 2.51. The van der Waals surface area contributed by atoms with Crippen LogP contribution in [-0.4, -0.2) is 13.3 Å². The van der Waals surface area contributed by atoms with Crippen molar-refractivity contribution >= 4 is 44.6 Å². The summed E-state index contributed by atoms with van der Waals surface area (Å²) < 4.78 is 26.8. The molecule has 0 fully saturated rings. The lowest BCUT2D eigenvalue weighted by Crippen LogP contribution is -2.13. The summed E-state index contributed by atoms with van der Waals surface area (Å²) in [5.74, 6) is 0. The van der Waals surface area contributed by atoms with E-state index in [-0.39, 0.29) is 14.9 Å². The lowest BCUT2D eigenvalue weighted by Gasteiger charge is -2.10. The van der Waals surface area contributed by atoms with Crippen LogP contribution >= 0.6 is 23.2 Å². The van der Waals surface area contributed by atoms with E-state index in [1.807, 2.05) is 0 Å². The molecular formula is C12H8Cl2N2O4S. The molecule has 6 nitrogen and oxygen atoms in total. The van der Waals surface area contributed by atoms with E-state index < -0.39 is 20.6 Å². The number of benzene rings is 2. The van der Waals surface area contributed by atoms with Crippen LogP contribution in [0.15, 0.2) is 47.4 Å². The first-order valence-electron chi connectivity index (χ1n) is 5.52. The Balaban J connectivity index is 2.46. The Hall–Kier alpha value is -1.83. The molecule has 0 atom stereocenters. The zero-order valence-electron chi connectivity index (χ0n) is 10.3. The van der Waals surface area contributed by atoms with Crippen molar-refractivity contribution in [2.45, 2.75) is 4.90 Å². The minimum Gasteiger partial charge on any atom is -0.280 e. The van der Waals surface area contributed by atoms with Crippen LogP contribution < -0.4 is 4.72 Å². The van der Waals surface area contributed by atoms with E-state index in [0.717, 1.165) is 12.1 Å². The molecule has 0 aromatic heterocycles. The highest BCUT2D eigenvalue weighted by Crippen LogP contribution is 2.33. The lowest BCUT2D eigenvalue weighted by molar-refractivity contribution is -0.384. The fourth-order valence-corrected chi connectivity index (χ4v) is 3.49. The molecule has 21 heavy (non-hydrogen) atoms. The number of hydrogen-bond acceptors (Lipinski definition) is 4. The van der Waals surface area contributed by atoms with Crippen LogP contribution in [0.2, 0.25) is 10.0 Å². The van der Waals surface area contributed by atoms with Gasteiger partial charge in [0, 0.05) is 11.8 Å². The molecule has 0 radical (unpaired) electrons. The molecule has 110 valence electrons. The van der Waals surface area contributed by atoms with Crippen LogP contribution in [-0.2, 0) is 10.0 Å². The van der Waals surface area contributed by atoms with Crippen molar-refractivity contribution < 1.29 is 13.3 Å². The second kappa shape index (κ2) is 5.88. The first kappa shape index (κ1) is 15.6. The van der Waals surface area contributed by atoms with Gasteiger partial charge < -0.3 is 0 Å². The van der Waals surface area contributed by atoms with Crippen molar-refractivity contribution in [2.24, 2.45) is 0 Å². The average molecular weight is 347 g/mol. The SMILES string of the molecule is O=[N+]([O-])c1cc(Cl)c(S(=O)(=O)Nc2ccccc2)cc1Cl. The number of anilines is 1. The summed E-state index contributed by atoms with van der Waals surface area (Å²) in [4.78, 5) is 9.65. The van der Waals surface area contributed by atoms with E-state index in [4.69, 9.17) is 23.2 Å². The number of sulfonamides is 1. The molecule has 0 aliphatic heterocycles. The Kier molecular flexibility index (Phi) is 4.36. The predicted molar refractivity (Wildman–Crippen MR) is 80.4 cm³/mol. The maximum atomic E-state index is 12.2. The van der Waals surface area contributed by atoms with E-state index in [9.17, 15) is 18.5 Å². The van der Waals surface area contributed by atoms with Crippen LogP contribution in [0.4, 0.5) is 11.4 Å². The predicted octanol–water partition coefficient (Wildman–Crippen LogP) is 3.70. The van der Waals surface area contributed by atoms with E-state index >= 15 is 0 Å². The molecule has 0 heterocycles. The summed E-state index contributed by atoms with van der Waals surface area (Å²) in [6.07, 6.45) is 0. The summed E-state index contributed by atoms with van der Waals surface area (Å²) in [6, 6.07) is 10.0. The summed E-state index contributed by atoms with van der Waals surface area (Å²) >= 11 is 11.5. The van der Waals surface area contributed by atoms with Gasteiger partial charge in [-0.15, -0.1) is 0 Å². The summed E-state index contributed by atoms with van der Waals surface area (Å²) in [5.41, 5.74) is -0.122. The van der Waals surface area contributed by atoms with E-state index in [1.54, 1.807) is 30.3 Å². The number of halogens is 2. The number of nitro benzene ring substituents is 1. The minimum atomic E-state index is -4.00. The standard InChI is InChI=1S/C12H8Cl2N2O4S/c13-9-7-12(10(14)6-11(9)16(17)18)21(19,20)15-8-4-2-1-3-5-8/h1-7,15H. The summed E-state index contributed by atoms with van der Waals surface area (Å²) in [5, 5.41) is 10.1. The fourth-order valence-electron chi connectivity index (χ4n) is 1.58. The lowest BCUT2D eigenvalue weighted by atomic mass is 10.3. The topological polar surface area (TPSA) is 89.3 Å². The zero-order chi connectivity index (χ0) is 15.6. The van der Waals surface area contributed by atoms with Crippen molar-refractivity contribution in [1.82, 2.24) is 0 Å². The number of nitrogens with one attached hydrogen (secondary N) is 1. The van der Waals surface area contributed by atoms with Crippen molar-refractivity contribution in [3.8, 4) is 0 Å². The quantitative estimate of drug-likeness (QED) is 0.674. The zero-order valence-corrected chi connectivity index (χ0v) is 12.6. The molecule has 9 heteroatoms. The molecule has 0 saturated heterocycles. The Bertz CT molecular complexity index is 794. The normalized spacial score (nSPS) is 11.1. The molecule has 0 spiro atoms. The van der Waals surface area contributed by atoms with Gasteiger partial charge in [-0.1, -0.05) is 41.4 Å². The average Bonchev–Trinajstić information content (AvgIpc) is 2.41. The van der Waals surface area contributed by atoms with Crippen LogP contribution in [0.25, 0.3) is 0 Å². The van der Waals surface area contributed by atoms with Gasteiger partial charge in [-0.3, -0.25) is 14.8 Å². The maximum absolute atomic E-state index is 12.2. The molecular weight excluding hydrogens is 339 g/mol. The number of nitrogens with zero attached hydrogens (tertiary/aromatic N) is 1. The number of rotatable bonds is 4. The van der Waals surface area contributed by atoms with Gasteiger partial charge in [0.25, 0.3) is 15.7 Å². The molecule has 0 unspecified atom stereocenters. The highest BCUT2D eigenvalue weighted by Gasteiger charge is 2.24. The monoisotopic (exact) mass is 346 g/mol. The Morgan fingerprint density at radius 3 is 2.24 bits per heavy atom. The first-order valence-corrected chi connectivity index (χ1v) is 7.76. The van der Waals surface area contributed by atoms with Crippen molar-refractivity contribution in [3.05, 3.63) is 62.6 Å². The third-order valence-corrected chi connectivity index (χ3v) is 4.66. The van der Waals surface area contributed by atoms with Gasteiger partial charge >= 0.3 is 0 Å². The van der Waals surface area contributed by atoms with E-state index in [2.05, 4.69) is 4.72 Å². The van der Waals surface area contributed by atoms with Crippen LogP contribution in [0.1, 0.15) is 0 Å². The smallest absolute Gasteiger partial charge is 0.280 e. The van der Waals surface area contributed by atoms with Crippen molar-refractivity contribution in [1.29, 1.82) is 0 Å². The van der Waals surface area contributed by atoms with E-state index in [0.29, 0.717) is 5.69 Å².